The van der Waals surface area contributed by atoms with E-state index >= 15 is 0 Å². The molecule has 0 radical (unpaired) electrons. The zero-order chi connectivity index (χ0) is 14.7. The van der Waals surface area contributed by atoms with E-state index in [1.165, 1.54) is 12.1 Å². The Balaban J connectivity index is 1.84. The van der Waals surface area contributed by atoms with Gasteiger partial charge in [-0.3, -0.25) is 4.79 Å². The van der Waals surface area contributed by atoms with Crippen molar-refractivity contribution >= 4 is 17.3 Å². The molecule has 0 fully saturated rings. The third-order valence-corrected chi connectivity index (χ3v) is 3.00. The van der Waals surface area contributed by atoms with E-state index in [1.54, 1.807) is 12.1 Å². The molecule has 3 rings (SSSR count). The summed E-state index contributed by atoms with van der Waals surface area (Å²) in [4.78, 5) is 11.8. The summed E-state index contributed by atoms with van der Waals surface area (Å²) >= 11 is 0. The number of benzene rings is 2. The standard InChI is InChI=1S/C15H12N4O2/c20-12-8-6-11(7-9-12)16-18-14-13(17-19-15(14)21)10-4-2-1-3-5-10/h1-9,14,20H,(H,19,21). The lowest BCUT2D eigenvalue weighted by molar-refractivity contribution is -0.120. The average Bonchev–Trinajstić information content (AvgIpc) is 2.89. The van der Waals surface area contributed by atoms with E-state index in [4.69, 9.17) is 0 Å². The highest BCUT2D eigenvalue weighted by Gasteiger charge is 2.30. The van der Waals surface area contributed by atoms with Crippen LogP contribution in [0.15, 0.2) is 69.9 Å². The van der Waals surface area contributed by atoms with Crippen molar-refractivity contribution in [2.24, 2.45) is 15.3 Å². The van der Waals surface area contributed by atoms with Crippen LogP contribution in [0.4, 0.5) is 5.69 Å². The Hall–Kier alpha value is -3.02. The van der Waals surface area contributed by atoms with Gasteiger partial charge in [0.1, 0.15) is 11.5 Å². The number of phenols is 1. The van der Waals surface area contributed by atoms with Crippen molar-refractivity contribution < 1.29 is 9.90 Å². The van der Waals surface area contributed by atoms with Crippen molar-refractivity contribution in [3.63, 3.8) is 0 Å². The maximum atomic E-state index is 11.8. The molecule has 0 aromatic heterocycles. The van der Waals surface area contributed by atoms with E-state index in [0.29, 0.717) is 11.4 Å². The number of rotatable bonds is 3. The van der Waals surface area contributed by atoms with Gasteiger partial charge in [-0.15, -0.1) is 0 Å². The van der Waals surface area contributed by atoms with Gasteiger partial charge in [-0.25, -0.2) is 5.43 Å². The molecule has 104 valence electrons. The summed E-state index contributed by atoms with van der Waals surface area (Å²) in [6, 6.07) is 14.8. The van der Waals surface area contributed by atoms with Crippen molar-refractivity contribution in [1.29, 1.82) is 0 Å². The Morgan fingerprint density at radius 1 is 1.05 bits per heavy atom. The van der Waals surface area contributed by atoms with Gasteiger partial charge in [0.25, 0.3) is 5.91 Å². The van der Waals surface area contributed by atoms with Crippen LogP contribution in [-0.2, 0) is 4.79 Å². The Morgan fingerprint density at radius 3 is 2.48 bits per heavy atom. The summed E-state index contributed by atoms with van der Waals surface area (Å²) in [6.07, 6.45) is 0. The van der Waals surface area contributed by atoms with Gasteiger partial charge in [-0.1, -0.05) is 30.3 Å². The number of hydrogen-bond acceptors (Lipinski definition) is 5. The van der Waals surface area contributed by atoms with Gasteiger partial charge >= 0.3 is 0 Å². The fourth-order valence-corrected chi connectivity index (χ4v) is 1.94. The maximum Gasteiger partial charge on any atom is 0.273 e. The zero-order valence-electron chi connectivity index (χ0n) is 11.0. The summed E-state index contributed by atoms with van der Waals surface area (Å²) in [5, 5.41) is 21.3. The lowest BCUT2D eigenvalue weighted by atomic mass is 10.0. The second-order valence-electron chi connectivity index (χ2n) is 4.47. The molecule has 21 heavy (non-hydrogen) atoms. The highest BCUT2D eigenvalue weighted by Crippen LogP contribution is 2.19. The number of phenolic OH excluding ortho intramolecular Hbond substituents is 1. The van der Waals surface area contributed by atoms with Crippen molar-refractivity contribution in [3.8, 4) is 5.75 Å². The number of azo groups is 1. The quantitative estimate of drug-likeness (QED) is 0.846. The minimum absolute atomic E-state index is 0.152. The Kier molecular flexibility index (Phi) is 3.42. The Morgan fingerprint density at radius 2 is 1.76 bits per heavy atom. The monoisotopic (exact) mass is 280 g/mol. The third kappa shape index (κ3) is 2.79. The average molecular weight is 280 g/mol. The molecule has 1 heterocycles. The highest BCUT2D eigenvalue weighted by atomic mass is 16.3. The van der Waals surface area contributed by atoms with Crippen LogP contribution in [0, 0.1) is 0 Å². The van der Waals surface area contributed by atoms with Crippen LogP contribution in [0.2, 0.25) is 0 Å². The van der Waals surface area contributed by atoms with Gasteiger partial charge in [0.2, 0.25) is 0 Å². The van der Waals surface area contributed by atoms with Crippen LogP contribution in [0.25, 0.3) is 0 Å². The molecule has 0 saturated carbocycles. The second kappa shape index (κ2) is 5.54. The second-order valence-corrected chi connectivity index (χ2v) is 4.47. The minimum Gasteiger partial charge on any atom is -0.508 e. The molecule has 2 aromatic rings. The van der Waals surface area contributed by atoms with Crippen LogP contribution >= 0.6 is 0 Å². The van der Waals surface area contributed by atoms with Crippen LogP contribution < -0.4 is 5.43 Å². The van der Waals surface area contributed by atoms with Gasteiger partial charge in [0.15, 0.2) is 6.04 Å². The molecule has 1 atom stereocenters. The number of nitrogens with zero attached hydrogens (tertiary/aromatic N) is 3. The molecule has 6 heteroatoms. The fourth-order valence-electron chi connectivity index (χ4n) is 1.94. The van der Waals surface area contributed by atoms with E-state index in [2.05, 4.69) is 20.8 Å². The third-order valence-electron chi connectivity index (χ3n) is 3.00. The van der Waals surface area contributed by atoms with Crippen molar-refractivity contribution in [3.05, 3.63) is 60.2 Å². The normalized spacial score (nSPS) is 17.8. The van der Waals surface area contributed by atoms with Crippen LogP contribution in [-0.4, -0.2) is 22.8 Å². The molecule has 0 spiro atoms. The molecule has 2 aromatic carbocycles. The molecule has 2 N–H and O–H groups in total. The molecular formula is C15H12N4O2. The van der Waals surface area contributed by atoms with E-state index in [1.807, 2.05) is 30.3 Å². The topological polar surface area (TPSA) is 86.4 Å². The summed E-state index contributed by atoms with van der Waals surface area (Å²) in [7, 11) is 0. The highest BCUT2D eigenvalue weighted by molar-refractivity contribution is 6.19. The summed E-state index contributed by atoms with van der Waals surface area (Å²) in [5.41, 5.74) is 4.34. The first kappa shape index (κ1) is 13.0. The predicted molar refractivity (Wildman–Crippen MR) is 77.5 cm³/mol. The lowest BCUT2D eigenvalue weighted by Gasteiger charge is -2.04. The van der Waals surface area contributed by atoms with Gasteiger partial charge in [0, 0.05) is 5.56 Å². The van der Waals surface area contributed by atoms with E-state index in [9.17, 15) is 9.90 Å². The van der Waals surface area contributed by atoms with Crippen LogP contribution in [0.3, 0.4) is 0 Å². The molecule has 1 aliphatic rings. The number of hydrazone groups is 1. The van der Waals surface area contributed by atoms with Crippen molar-refractivity contribution in [2.75, 3.05) is 0 Å². The van der Waals surface area contributed by atoms with Gasteiger partial charge in [0.05, 0.1) is 5.69 Å². The Bertz CT molecular complexity index is 708. The molecule has 0 saturated heterocycles. The number of aromatic hydroxyl groups is 1. The van der Waals surface area contributed by atoms with Crippen molar-refractivity contribution in [2.45, 2.75) is 6.04 Å². The maximum absolute atomic E-state index is 11.8. The van der Waals surface area contributed by atoms with Crippen LogP contribution in [0.5, 0.6) is 5.75 Å². The van der Waals surface area contributed by atoms with E-state index < -0.39 is 6.04 Å². The number of amides is 1. The van der Waals surface area contributed by atoms with Gasteiger partial charge < -0.3 is 5.11 Å². The summed E-state index contributed by atoms with van der Waals surface area (Å²) < 4.78 is 0. The van der Waals surface area contributed by atoms with Crippen molar-refractivity contribution in [1.82, 2.24) is 5.43 Å². The number of hydrogen-bond donors (Lipinski definition) is 2. The summed E-state index contributed by atoms with van der Waals surface area (Å²) in [6.45, 7) is 0. The summed E-state index contributed by atoms with van der Waals surface area (Å²) in [5.74, 6) is -0.157. The smallest absolute Gasteiger partial charge is 0.273 e. The first-order valence-corrected chi connectivity index (χ1v) is 6.37. The minimum atomic E-state index is -0.763. The lowest BCUT2D eigenvalue weighted by Crippen LogP contribution is -2.27. The first-order valence-electron chi connectivity index (χ1n) is 6.37. The van der Waals surface area contributed by atoms with Gasteiger partial charge in [-0.2, -0.15) is 15.3 Å². The van der Waals surface area contributed by atoms with Crippen LogP contribution in [0.1, 0.15) is 5.56 Å². The molecule has 1 amide bonds. The number of carbonyl (C=O) groups is 1. The number of carbonyl (C=O) groups excluding carboxylic acids is 1. The number of nitrogens with one attached hydrogen (secondary N) is 1. The van der Waals surface area contributed by atoms with E-state index in [0.717, 1.165) is 5.56 Å². The van der Waals surface area contributed by atoms with E-state index in [-0.39, 0.29) is 11.7 Å². The predicted octanol–water partition coefficient (Wildman–Crippen LogP) is 2.38. The fraction of sp³-hybridized carbons (Fsp3) is 0.0667. The molecule has 0 aliphatic carbocycles. The first-order chi connectivity index (χ1) is 10.2. The molecule has 1 aliphatic heterocycles. The molecule has 1 unspecified atom stereocenters. The zero-order valence-corrected chi connectivity index (χ0v) is 11.0. The largest absolute Gasteiger partial charge is 0.508 e. The molecule has 0 bridgehead atoms. The van der Waals surface area contributed by atoms with Gasteiger partial charge in [-0.05, 0) is 24.3 Å². The molecule has 6 nitrogen and oxygen atoms in total. The molecular weight excluding hydrogens is 268 g/mol. The SMILES string of the molecule is O=C1NN=C(c2ccccc2)C1N=Nc1ccc(O)cc1. The Labute approximate surface area is 120 Å².